The van der Waals surface area contributed by atoms with E-state index in [4.69, 9.17) is 34.8 Å². The second-order valence-electron chi connectivity index (χ2n) is 6.26. The molecule has 0 aliphatic rings. The molecule has 156 valence electrons. The molecule has 4 nitrogen and oxygen atoms in total. The number of hydrogen-bond donors (Lipinski definition) is 1. The van der Waals surface area contributed by atoms with Gasteiger partial charge in [-0.1, -0.05) is 83.3 Å². The zero-order valence-corrected chi connectivity index (χ0v) is 17.6. The van der Waals surface area contributed by atoms with Gasteiger partial charge in [-0.15, -0.1) is 0 Å². The molecule has 0 saturated carbocycles. The first-order valence-electron chi connectivity index (χ1n) is 8.17. The van der Waals surface area contributed by atoms with E-state index in [1.165, 1.54) is 10.9 Å². The summed E-state index contributed by atoms with van der Waals surface area (Å²) in [5, 5.41) is 0.463. The lowest BCUT2D eigenvalue weighted by atomic mass is 10.1. The molecule has 0 bridgehead atoms. The Morgan fingerprint density at radius 2 is 1.55 bits per heavy atom. The molecule has 1 N–H and O–H groups in total. The van der Waals surface area contributed by atoms with E-state index < -0.39 is 25.4 Å². The number of halogens is 6. The standard InChI is InChI=1S/C18H14Cl3F3N2O2S/c19-17(20,21)16(25-29(27,28)18(22,23)24)14-11-26(10-12-6-2-1-3-7-12)15-9-5-4-8-13(14)15/h1-9,11,16,25H,10H2. The minimum atomic E-state index is -5.76. The van der Waals surface area contributed by atoms with Crippen LogP contribution in [0.2, 0.25) is 0 Å². The minimum Gasteiger partial charge on any atom is -0.343 e. The summed E-state index contributed by atoms with van der Waals surface area (Å²) in [5.74, 6) is 0. The molecule has 0 radical (unpaired) electrons. The fraction of sp³-hybridized carbons (Fsp3) is 0.222. The Bertz CT molecular complexity index is 1110. The Labute approximate surface area is 180 Å². The number of fused-ring (bicyclic) bond motifs is 1. The third-order valence-corrected chi connectivity index (χ3v) is 6.04. The van der Waals surface area contributed by atoms with Gasteiger partial charge >= 0.3 is 15.5 Å². The van der Waals surface area contributed by atoms with Gasteiger partial charge in [0.05, 0.1) is 6.04 Å². The summed E-state index contributed by atoms with van der Waals surface area (Å²) < 4.78 is 63.0. The second kappa shape index (κ2) is 8.00. The van der Waals surface area contributed by atoms with Gasteiger partial charge in [0.15, 0.2) is 0 Å². The molecule has 29 heavy (non-hydrogen) atoms. The van der Waals surface area contributed by atoms with Crippen LogP contribution in [0.15, 0.2) is 60.8 Å². The number of sulfonamides is 1. The van der Waals surface area contributed by atoms with Crippen molar-refractivity contribution >= 4 is 55.7 Å². The molecule has 1 heterocycles. The predicted octanol–water partition coefficient (Wildman–Crippen LogP) is 5.54. The minimum absolute atomic E-state index is 0.115. The van der Waals surface area contributed by atoms with E-state index in [9.17, 15) is 21.6 Å². The van der Waals surface area contributed by atoms with Crippen LogP contribution in [0.4, 0.5) is 13.2 Å². The first kappa shape index (κ1) is 22.2. The monoisotopic (exact) mass is 484 g/mol. The van der Waals surface area contributed by atoms with Gasteiger partial charge in [-0.3, -0.25) is 0 Å². The fourth-order valence-electron chi connectivity index (χ4n) is 2.94. The van der Waals surface area contributed by atoms with Gasteiger partial charge in [-0.05, 0) is 17.2 Å². The number of benzene rings is 2. The Hall–Kier alpha value is -1.45. The van der Waals surface area contributed by atoms with Crippen LogP contribution in [-0.4, -0.2) is 22.3 Å². The van der Waals surface area contributed by atoms with Crippen LogP contribution in [0, 0.1) is 0 Å². The zero-order chi connectivity index (χ0) is 21.4. The first-order valence-corrected chi connectivity index (χ1v) is 10.8. The number of nitrogens with one attached hydrogen (secondary N) is 1. The lowest BCUT2D eigenvalue weighted by Crippen LogP contribution is -2.43. The van der Waals surface area contributed by atoms with Crippen LogP contribution in [0.25, 0.3) is 10.9 Å². The molecule has 2 aromatic carbocycles. The molecule has 0 amide bonds. The molecule has 0 aliphatic heterocycles. The van der Waals surface area contributed by atoms with Crippen LogP contribution in [0.5, 0.6) is 0 Å². The van der Waals surface area contributed by atoms with Crippen molar-refractivity contribution in [3.63, 3.8) is 0 Å². The molecule has 3 aromatic rings. The number of nitrogens with zero attached hydrogens (tertiary/aromatic N) is 1. The van der Waals surface area contributed by atoms with Crippen molar-refractivity contribution in [1.82, 2.24) is 9.29 Å². The van der Waals surface area contributed by atoms with E-state index in [1.807, 2.05) is 30.3 Å². The van der Waals surface area contributed by atoms with Gasteiger partial charge < -0.3 is 4.57 Å². The zero-order valence-electron chi connectivity index (χ0n) is 14.5. The molecule has 1 unspecified atom stereocenters. The Morgan fingerprint density at radius 1 is 0.966 bits per heavy atom. The topological polar surface area (TPSA) is 51.1 Å². The summed E-state index contributed by atoms with van der Waals surface area (Å²) in [4.78, 5) is 0. The van der Waals surface area contributed by atoms with Crippen molar-refractivity contribution in [2.45, 2.75) is 21.9 Å². The summed E-state index contributed by atoms with van der Waals surface area (Å²) in [5.41, 5.74) is -3.86. The maximum Gasteiger partial charge on any atom is 0.511 e. The highest BCUT2D eigenvalue weighted by molar-refractivity contribution is 7.90. The van der Waals surface area contributed by atoms with Crippen LogP contribution in [0.3, 0.4) is 0 Å². The van der Waals surface area contributed by atoms with E-state index in [1.54, 1.807) is 28.8 Å². The molecule has 0 aliphatic carbocycles. The Morgan fingerprint density at radius 3 is 2.14 bits per heavy atom. The summed E-state index contributed by atoms with van der Waals surface area (Å²) in [6.07, 6.45) is 1.49. The highest BCUT2D eigenvalue weighted by Crippen LogP contribution is 2.44. The number of aromatic nitrogens is 1. The molecule has 0 spiro atoms. The maximum atomic E-state index is 12.9. The molecule has 1 atom stereocenters. The van der Waals surface area contributed by atoms with E-state index in [0.717, 1.165) is 5.56 Å². The summed E-state index contributed by atoms with van der Waals surface area (Å²) >= 11 is 17.7. The SMILES string of the molecule is O=S(=O)(NC(c1cn(Cc2ccccc2)c2ccccc12)C(Cl)(Cl)Cl)C(F)(F)F. The van der Waals surface area contributed by atoms with Crippen LogP contribution >= 0.6 is 34.8 Å². The smallest absolute Gasteiger partial charge is 0.343 e. The summed E-state index contributed by atoms with van der Waals surface area (Å²) in [6, 6.07) is 14.3. The van der Waals surface area contributed by atoms with E-state index in [2.05, 4.69) is 0 Å². The normalized spacial score (nSPS) is 14.3. The van der Waals surface area contributed by atoms with Crippen molar-refractivity contribution in [2.24, 2.45) is 0 Å². The van der Waals surface area contributed by atoms with Crippen molar-refractivity contribution in [2.75, 3.05) is 0 Å². The fourth-order valence-corrected chi connectivity index (χ4v) is 4.40. The Balaban J connectivity index is 2.13. The molecule has 0 saturated heterocycles. The number of rotatable bonds is 5. The van der Waals surface area contributed by atoms with Gasteiger partial charge in [0, 0.05) is 23.6 Å². The molecule has 3 rings (SSSR count). The molecule has 1 aromatic heterocycles. The average molecular weight is 486 g/mol. The summed E-state index contributed by atoms with van der Waals surface area (Å²) in [6.45, 7) is 0.389. The third kappa shape index (κ3) is 4.83. The third-order valence-electron chi connectivity index (χ3n) is 4.23. The molecule has 0 fully saturated rings. The van der Waals surface area contributed by atoms with E-state index in [0.29, 0.717) is 17.4 Å². The van der Waals surface area contributed by atoms with Gasteiger partial charge in [0.25, 0.3) is 0 Å². The molecular formula is C18H14Cl3F3N2O2S. The highest BCUT2D eigenvalue weighted by Gasteiger charge is 2.50. The van der Waals surface area contributed by atoms with E-state index in [-0.39, 0.29) is 5.56 Å². The number of para-hydroxylation sites is 1. The van der Waals surface area contributed by atoms with Crippen molar-refractivity contribution < 1.29 is 21.6 Å². The van der Waals surface area contributed by atoms with E-state index >= 15 is 0 Å². The largest absolute Gasteiger partial charge is 0.511 e. The number of hydrogen-bond acceptors (Lipinski definition) is 2. The van der Waals surface area contributed by atoms with Gasteiger partial charge in [-0.2, -0.15) is 17.9 Å². The van der Waals surface area contributed by atoms with Crippen LogP contribution in [-0.2, 0) is 16.6 Å². The quantitative estimate of drug-likeness (QED) is 0.483. The van der Waals surface area contributed by atoms with Gasteiger partial charge in [0.1, 0.15) is 0 Å². The lowest BCUT2D eigenvalue weighted by molar-refractivity contribution is -0.0450. The second-order valence-corrected chi connectivity index (χ2v) is 10.3. The van der Waals surface area contributed by atoms with Crippen molar-refractivity contribution in [3.05, 3.63) is 71.9 Å². The first-order chi connectivity index (χ1) is 13.4. The predicted molar refractivity (Wildman–Crippen MR) is 109 cm³/mol. The number of alkyl halides is 6. The van der Waals surface area contributed by atoms with Gasteiger partial charge in [0.2, 0.25) is 3.79 Å². The maximum absolute atomic E-state index is 12.9. The molecule has 11 heteroatoms. The van der Waals surface area contributed by atoms with Crippen LogP contribution in [0.1, 0.15) is 17.2 Å². The van der Waals surface area contributed by atoms with Crippen LogP contribution < -0.4 is 4.72 Å². The summed E-state index contributed by atoms with van der Waals surface area (Å²) in [7, 11) is -5.76. The van der Waals surface area contributed by atoms with Crippen molar-refractivity contribution in [3.8, 4) is 0 Å². The lowest BCUT2D eigenvalue weighted by Gasteiger charge is -2.25. The highest BCUT2D eigenvalue weighted by atomic mass is 35.6. The molecular weight excluding hydrogens is 472 g/mol. The Kier molecular flexibility index (Phi) is 6.13. The van der Waals surface area contributed by atoms with Crippen molar-refractivity contribution in [1.29, 1.82) is 0 Å². The van der Waals surface area contributed by atoms with Gasteiger partial charge in [-0.25, -0.2) is 8.42 Å². The average Bonchev–Trinajstić information content (AvgIpc) is 2.97.